The van der Waals surface area contributed by atoms with E-state index < -0.39 is 10.5 Å². The third kappa shape index (κ3) is 3.25. The van der Waals surface area contributed by atoms with Crippen LogP contribution in [0.3, 0.4) is 0 Å². The van der Waals surface area contributed by atoms with Gasteiger partial charge in [0.15, 0.2) is 5.69 Å². The fourth-order valence-electron chi connectivity index (χ4n) is 2.27. The van der Waals surface area contributed by atoms with Gasteiger partial charge in [-0.05, 0) is 43.3 Å². The van der Waals surface area contributed by atoms with Gasteiger partial charge in [-0.1, -0.05) is 0 Å². The first-order valence-electron chi connectivity index (χ1n) is 7.48. The van der Waals surface area contributed by atoms with Gasteiger partial charge in [0.1, 0.15) is 0 Å². The summed E-state index contributed by atoms with van der Waals surface area (Å²) in [6, 6.07) is 14.0. The van der Waals surface area contributed by atoms with Crippen molar-refractivity contribution in [2.75, 3.05) is 0 Å². The van der Waals surface area contributed by atoms with Gasteiger partial charge in [0.25, 0.3) is 11.2 Å². The number of non-ortho nitro benzene ring substituents is 1. The first-order chi connectivity index (χ1) is 12.5. The highest BCUT2D eigenvalue weighted by molar-refractivity contribution is 5.47. The molecular weight excluding hydrogens is 336 g/mol. The summed E-state index contributed by atoms with van der Waals surface area (Å²) >= 11 is 0. The van der Waals surface area contributed by atoms with E-state index >= 15 is 0 Å². The smallest absolute Gasteiger partial charge is 0.293 e. The fourth-order valence-corrected chi connectivity index (χ4v) is 2.27. The van der Waals surface area contributed by atoms with Crippen molar-refractivity contribution in [1.82, 2.24) is 9.78 Å². The molecule has 0 aliphatic rings. The predicted molar refractivity (Wildman–Crippen MR) is 93.1 cm³/mol. The summed E-state index contributed by atoms with van der Waals surface area (Å²) in [6.07, 6.45) is 0. The Morgan fingerprint density at radius 1 is 1.12 bits per heavy atom. The molecule has 2 aromatic carbocycles. The lowest BCUT2D eigenvalue weighted by Gasteiger charge is -2.00. The number of nitro benzene ring substituents is 1. The van der Waals surface area contributed by atoms with E-state index in [0.29, 0.717) is 22.6 Å². The lowest BCUT2D eigenvalue weighted by Crippen LogP contribution is -2.13. The second-order valence-electron chi connectivity index (χ2n) is 5.36. The van der Waals surface area contributed by atoms with Gasteiger partial charge in [-0.25, -0.2) is 4.68 Å². The minimum atomic E-state index is -0.510. The molecule has 0 atom stereocenters. The molecule has 1 heterocycles. The summed E-state index contributed by atoms with van der Waals surface area (Å²) in [4.78, 5) is 22.7. The molecule has 9 nitrogen and oxygen atoms in total. The van der Waals surface area contributed by atoms with E-state index in [0.717, 1.165) is 0 Å². The van der Waals surface area contributed by atoms with Crippen molar-refractivity contribution < 1.29 is 4.92 Å². The Morgan fingerprint density at radius 3 is 2.35 bits per heavy atom. The Morgan fingerprint density at radius 2 is 1.77 bits per heavy atom. The van der Waals surface area contributed by atoms with Gasteiger partial charge in [-0.15, -0.1) is 5.11 Å². The van der Waals surface area contributed by atoms with Crippen molar-refractivity contribution in [3.8, 4) is 11.8 Å². The van der Waals surface area contributed by atoms with Crippen LogP contribution in [0, 0.1) is 28.4 Å². The first-order valence-corrected chi connectivity index (χ1v) is 7.48. The summed E-state index contributed by atoms with van der Waals surface area (Å²) < 4.78 is 1.24. The van der Waals surface area contributed by atoms with Gasteiger partial charge < -0.3 is 0 Å². The number of H-pyrrole nitrogens is 1. The van der Waals surface area contributed by atoms with Crippen LogP contribution in [0.15, 0.2) is 63.6 Å². The monoisotopic (exact) mass is 348 g/mol. The van der Waals surface area contributed by atoms with Crippen LogP contribution >= 0.6 is 0 Å². The molecule has 0 radical (unpaired) electrons. The number of hydrogen-bond acceptors (Lipinski definition) is 6. The molecule has 3 rings (SSSR count). The SMILES string of the molecule is Cc1[nH]n(-c2ccc([N+](=O)[O-])cc2)c(=O)c1N=Nc1ccc(C#N)cc1. The molecule has 0 spiro atoms. The lowest BCUT2D eigenvalue weighted by molar-refractivity contribution is -0.384. The Labute approximate surface area is 147 Å². The van der Waals surface area contributed by atoms with E-state index in [-0.39, 0.29) is 11.4 Å². The van der Waals surface area contributed by atoms with Crippen molar-refractivity contribution in [2.24, 2.45) is 10.2 Å². The van der Waals surface area contributed by atoms with Crippen LogP contribution in [0.2, 0.25) is 0 Å². The molecule has 1 N–H and O–H groups in total. The second kappa shape index (κ2) is 6.82. The summed E-state index contributed by atoms with van der Waals surface area (Å²) in [5, 5.41) is 30.4. The highest BCUT2D eigenvalue weighted by Gasteiger charge is 2.13. The van der Waals surface area contributed by atoms with Crippen LogP contribution in [-0.2, 0) is 0 Å². The van der Waals surface area contributed by atoms with E-state index in [2.05, 4.69) is 15.3 Å². The van der Waals surface area contributed by atoms with E-state index in [4.69, 9.17) is 5.26 Å². The Bertz CT molecular complexity index is 1090. The predicted octanol–water partition coefficient (Wildman–Crippen LogP) is 3.67. The molecule has 0 aliphatic carbocycles. The fraction of sp³-hybridized carbons (Fsp3) is 0.0588. The number of rotatable bonds is 4. The summed E-state index contributed by atoms with van der Waals surface area (Å²) in [6.45, 7) is 1.68. The zero-order valence-electron chi connectivity index (χ0n) is 13.6. The number of aromatic amines is 1. The van der Waals surface area contributed by atoms with Crippen molar-refractivity contribution in [1.29, 1.82) is 5.26 Å². The average Bonchev–Trinajstić information content (AvgIpc) is 2.94. The van der Waals surface area contributed by atoms with Crippen molar-refractivity contribution >= 4 is 17.1 Å². The highest BCUT2D eigenvalue weighted by atomic mass is 16.6. The molecular formula is C17H12N6O3. The molecule has 0 saturated heterocycles. The average molecular weight is 348 g/mol. The number of hydrogen-bond donors (Lipinski definition) is 1. The zero-order chi connectivity index (χ0) is 18.7. The second-order valence-corrected chi connectivity index (χ2v) is 5.36. The number of nitro groups is 1. The normalized spacial score (nSPS) is 10.8. The van der Waals surface area contributed by atoms with Gasteiger partial charge in [0, 0.05) is 12.1 Å². The molecule has 0 fully saturated rings. The van der Waals surface area contributed by atoms with Gasteiger partial charge in [0.2, 0.25) is 0 Å². The van der Waals surface area contributed by atoms with Crippen LogP contribution in [0.1, 0.15) is 11.3 Å². The molecule has 0 amide bonds. The van der Waals surface area contributed by atoms with Crippen molar-refractivity contribution in [2.45, 2.75) is 6.92 Å². The Kier molecular flexibility index (Phi) is 4.40. The summed E-state index contributed by atoms with van der Waals surface area (Å²) in [5.74, 6) is 0. The topological polar surface area (TPSA) is 129 Å². The lowest BCUT2D eigenvalue weighted by atomic mass is 10.2. The van der Waals surface area contributed by atoms with Crippen LogP contribution in [0.5, 0.6) is 0 Å². The zero-order valence-corrected chi connectivity index (χ0v) is 13.6. The standard InChI is InChI=1S/C17H12N6O3/c1-11-16(20-19-13-4-2-12(10-18)3-5-13)17(24)22(21-11)14-6-8-15(9-7-14)23(25)26/h2-9,21H,1H3. The maximum atomic E-state index is 12.5. The number of azo groups is 1. The minimum absolute atomic E-state index is 0.0641. The summed E-state index contributed by atoms with van der Waals surface area (Å²) in [5.41, 5.74) is 1.61. The molecule has 9 heteroatoms. The van der Waals surface area contributed by atoms with Gasteiger partial charge in [-0.2, -0.15) is 10.4 Å². The van der Waals surface area contributed by atoms with Gasteiger partial charge >= 0.3 is 0 Å². The van der Waals surface area contributed by atoms with E-state index in [1.54, 1.807) is 31.2 Å². The molecule has 0 unspecified atom stereocenters. The van der Waals surface area contributed by atoms with E-state index in [1.807, 2.05) is 6.07 Å². The third-order valence-electron chi connectivity index (χ3n) is 3.62. The maximum absolute atomic E-state index is 12.5. The van der Waals surface area contributed by atoms with Gasteiger partial charge in [-0.3, -0.25) is 20.0 Å². The molecule has 0 bridgehead atoms. The number of nitriles is 1. The molecule has 3 aromatic rings. The van der Waals surface area contributed by atoms with Crippen LogP contribution in [0.25, 0.3) is 5.69 Å². The molecule has 1 aromatic heterocycles. The van der Waals surface area contributed by atoms with Crippen molar-refractivity contribution in [3.05, 3.63) is 80.3 Å². The van der Waals surface area contributed by atoms with E-state index in [9.17, 15) is 14.9 Å². The van der Waals surface area contributed by atoms with Gasteiger partial charge in [0.05, 0.1) is 33.6 Å². The molecule has 0 saturated carbocycles. The maximum Gasteiger partial charge on any atom is 0.299 e. The minimum Gasteiger partial charge on any atom is -0.293 e. The number of benzene rings is 2. The number of nitrogens with zero attached hydrogens (tertiary/aromatic N) is 5. The quantitative estimate of drug-likeness (QED) is 0.438. The first kappa shape index (κ1) is 16.8. The Balaban J connectivity index is 1.92. The number of aryl methyl sites for hydroxylation is 1. The molecule has 26 heavy (non-hydrogen) atoms. The highest BCUT2D eigenvalue weighted by Crippen LogP contribution is 2.20. The van der Waals surface area contributed by atoms with Crippen LogP contribution < -0.4 is 5.56 Å². The summed E-state index contributed by atoms with van der Waals surface area (Å²) in [7, 11) is 0. The third-order valence-corrected chi connectivity index (χ3v) is 3.62. The van der Waals surface area contributed by atoms with Crippen LogP contribution in [0.4, 0.5) is 17.1 Å². The molecule has 0 aliphatic heterocycles. The number of aromatic nitrogens is 2. The number of nitrogens with one attached hydrogen (secondary N) is 1. The largest absolute Gasteiger partial charge is 0.299 e. The van der Waals surface area contributed by atoms with Crippen molar-refractivity contribution in [3.63, 3.8) is 0 Å². The van der Waals surface area contributed by atoms with Crippen LogP contribution in [-0.4, -0.2) is 14.7 Å². The Hall–Kier alpha value is -4.06. The van der Waals surface area contributed by atoms with E-state index in [1.165, 1.54) is 28.9 Å². The molecule has 128 valence electrons.